The molecule has 4 rings (SSSR count). The molecule has 9 nitrogen and oxygen atoms in total. The number of hydrogen-bond acceptors (Lipinski definition) is 7. The highest BCUT2D eigenvalue weighted by molar-refractivity contribution is 7.89. The summed E-state index contributed by atoms with van der Waals surface area (Å²) in [5, 5.41) is 12.0. The van der Waals surface area contributed by atoms with Crippen molar-refractivity contribution in [2.24, 2.45) is 0 Å². The average Bonchev–Trinajstić information content (AvgIpc) is 3.16. The summed E-state index contributed by atoms with van der Waals surface area (Å²) in [6, 6.07) is 8.57. The largest absolute Gasteiger partial charge is 0.353 e. The zero-order valence-electron chi connectivity index (χ0n) is 17.3. The van der Waals surface area contributed by atoms with E-state index in [1.54, 1.807) is 18.3 Å². The zero-order valence-corrected chi connectivity index (χ0v) is 18.9. The van der Waals surface area contributed by atoms with Crippen LogP contribution in [0.25, 0.3) is 0 Å². The Balaban J connectivity index is 1.27. The summed E-state index contributed by atoms with van der Waals surface area (Å²) in [6.07, 6.45) is 2.32. The number of nitrogens with zero attached hydrogens (tertiary/aromatic N) is 4. The number of benzene rings is 1. The number of anilines is 1. The van der Waals surface area contributed by atoms with Crippen LogP contribution in [-0.2, 0) is 16.6 Å². The summed E-state index contributed by atoms with van der Waals surface area (Å²) in [7, 11) is -3.82. The van der Waals surface area contributed by atoms with Crippen LogP contribution in [0.15, 0.2) is 35.4 Å². The molecule has 0 bridgehead atoms. The number of pyridine rings is 1. The van der Waals surface area contributed by atoms with Gasteiger partial charge in [0.1, 0.15) is 16.8 Å². The van der Waals surface area contributed by atoms with Crippen molar-refractivity contribution in [2.45, 2.75) is 17.9 Å². The molecule has 2 N–H and O–H groups in total. The number of hydrogen-bond donors (Lipinski definition) is 2. The molecule has 2 aliphatic rings. The number of piperazine rings is 1. The Morgan fingerprint density at radius 2 is 2.03 bits per heavy atom. The highest BCUT2D eigenvalue weighted by Crippen LogP contribution is 2.28. The molecule has 2 aromatic rings. The molecule has 3 heterocycles. The van der Waals surface area contributed by atoms with Gasteiger partial charge in [0.15, 0.2) is 0 Å². The first kappa shape index (κ1) is 22.5. The van der Waals surface area contributed by atoms with Gasteiger partial charge < -0.3 is 10.2 Å². The van der Waals surface area contributed by atoms with Gasteiger partial charge in [0.2, 0.25) is 10.0 Å². The molecule has 0 unspecified atom stereocenters. The van der Waals surface area contributed by atoms with Gasteiger partial charge in [-0.2, -0.15) is 5.26 Å². The molecule has 0 radical (unpaired) electrons. The van der Waals surface area contributed by atoms with Crippen molar-refractivity contribution in [1.29, 1.82) is 5.26 Å². The first-order valence-electron chi connectivity index (χ1n) is 10.3. The first-order chi connectivity index (χ1) is 15.4. The second-order valence-electron chi connectivity index (χ2n) is 7.69. The number of nitriles is 1. The summed E-state index contributed by atoms with van der Waals surface area (Å²) >= 11 is 6.16. The lowest BCUT2D eigenvalue weighted by molar-refractivity contribution is 0.0965. The van der Waals surface area contributed by atoms with E-state index in [4.69, 9.17) is 11.6 Å². The van der Waals surface area contributed by atoms with E-state index in [1.807, 2.05) is 0 Å². The van der Waals surface area contributed by atoms with Crippen LogP contribution in [0.2, 0.25) is 5.02 Å². The lowest BCUT2D eigenvalue weighted by Crippen LogP contribution is -2.47. The van der Waals surface area contributed by atoms with Crippen LogP contribution in [0.5, 0.6) is 0 Å². The van der Waals surface area contributed by atoms with Gasteiger partial charge in [-0.3, -0.25) is 9.69 Å². The van der Waals surface area contributed by atoms with Crippen molar-refractivity contribution >= 4 is 33.3 Å². The molecular formula is C21H23ClN6O3S. The van der Waals surface area contributed by atoms with E-state index in [0.29, 0.717) is 35.5 Å². The third-order valence-corrected chi connectivity index (χ3v) is 7.58. The smallest absolute Gasteiger partial charge is 0.251 e. The van der Waals surface area contributed by atoms with E-state index in [2.05, 4.69) is 30.9 Å². The Labute approximate surface area is 192 Å². The van der Waals surface area contributed by atoms with Crippen LogP contribution >= 0.6 is 11.6 Å². The number of halogens is 1. The molecular weight excluding hydrogens is 452 g/mol. The normalized spacial score (nSPS) is 16.5. The summed E-state index contributed by atoms with van der Waals surface area (Å²) < 4.78 is 28.0. The lowest BCUT2D eigenvalue weighted by atomic mass is 10.1. The fourth-order valence-electron chi connectivity index (χ4n) is 3.94. The van der Waals surface area contributed by atoms with E-state index in [9.17, 15) is 18.5 Å². The quantitative estimate of drug-likeness (QED) is 0.581. The maximum atomic E-state index is 12.7. The number of aromatic nitrogens is 1. The molecule has 1 saturated heterocycles. The molecule has 1 aromatic heterocycles. The fourth-order valence-corrected chi connectivity index (χ4v) is 5.58. The summed E-state index contributed by atoms with van der Waals surface area (Å²) in [6.45, 7) is 4.48. The maximum Gasteiger partial charge on any atom is 0.251 e. The molecule has 0 saturated carbocycles. The Hall–Kier alpha value is -2.71. The van der Waals surface area contributed by atoms with Gasteiger partial charge >= 0.3 is 0 Å². The van der Waals surface area contributed by atoms with Gasteiger partial charge in [0, 0.05) is 51.0 Å². The van der Waals surface area contributed by atoms with Crippen molar-refractivity contribution in [3.8, 4) is 6.07 Å². The minimum absolute atomic E-state index is 0.0766. The lowest BCUT2D eigenvalue weighted by Gasteiger charge is -2.35. The van der Waals surface area contributed by atoms with Crippen molar-refractivity contribution in [2.75, 3.05) is 44.2 Å². The van der Waals surface area contributed by atoms with Crippen molar-refractivity contribution in [1.82, 2.24) is 19.9 Å². The molecule has 2 aliphatic heterocycles. The molecule has 11 heteroatoms. The molecule has 1 fully saturated rings. The molecule has 0 atom stereocenters. The van der Waals surface area contributed by atoms with E-state index in [0.717, 1.165) is 32.7 Å². The minimum Gasteiger partial charge on any atom is -0.353 e. The Bertz CT molecular complexity index is 1170. The third-order valence-electron chi connectivity index (χ3n) is 5.65. The predicted octanol–water partition coefficient (Wildman–Crippen LogP) is 1.34. The second-order valence-corrected chi connectivity index (χ2v) is 9.83. The summed E-state index contributed by atoms with van der Waals surface area (Å²) in [5.41, 5.74) is 1.61. The van der Waals surface area contributed by atoms with Gasteiger partial charge in [0.05, 0.1) is 10.6 Å². The first-order valence-corrected chi connectivity index (χ1v) is 12.2. The maximum absolute atomic E-state index is 12.7. The van der Waals surface area contributed by atoms with Crippen LogP contribution in [0, 0.1) is 11.3 Å². The molecule has 32 heavy (non-hydrogen) atoms. The van der Waals surface area contributed by atoms with Gasteiger partial charge in [-0.15, -0.1) is 0 Å². The van der Waals surface area contributed by atoms with Crippen LogP contribution < -0.4 is 14.9 Å². The Morgan fingerprint density at radius 3 is 2.78 bits per heavy atom. The van der Waals surface area contributed by atoms with Crippen molar-refractivity contribution in [3.05, 3.63) is 52.2 Å². The zero-order chi connectivity index (χ0) is 22.7. The number of rotatable bonds is 7. The van der Waals surface area contributed by atoms with Gasteiger partial charge in [0.25, 0.3) is 5.91 Å². The van der Waals surface area contributed by atoms with Crippen LogP contribution in [0.4, 0.5) is 5.82 Å². The number of carbonyl (C=O) groups is 1. The van der Waals surface area contributed by atoms with E-state index in [1.165, 1.54) is 12.1 Å². The molecule has 1 amide bonds. The van der Waals surface area contributed by atoms with Gasteiger partial charge in [-0.25, -0.2) is 18.1 Å². The second kappa shape index (κ2) is 9.42. The number of nitrogens with one attached hydrogen (secondary N) is 2. The van der Waals surface area contributed by atoms with Gasteiger partial charge in [-0.05, 0) is 42.8 Å². The minimum atomic E-state index is -3.82. The number of fused-ring (bicyclic) bond motifs is 1. The Morgan fingerprint density at radius 1 is 1.25 bits per heavy atom. The van der Waals surface area contributed by atoms with E-state index in [-0.39, 0.29) is 22.4 Å². The average molecular weight is 475 g/mol. The van der Waals surface area contributed by atoms with Gasteiger partial charge in [-0.1, -0.05) is 11.6 Å². The number of carbonyl (C=O) groups excluding carboxylic acids is 1. The monoisotopic (exact) mass is 474 g/mol. The Kier molecular flexibility index (Phi) is 6.62. The van der Waals surface area contributed by atoms with Crippen LogP contribution in [0.3, 0.4) is 0 Å². The highest BCUT2D eigenvalue weighted by Gasteiger charge is 2.26. The number of sulfonamides is 1. The van der Waals surface area contributed by atoms with Crippen molar-refractivity contribution in [3.63, 3.8) is 0 Å². The fraction of sp³-hybridized carbons (Fsp3) is 0.381. The molecule has 0 aliphatic carbocycles. The highest BCUT2D eigenvalue weighted by atomic mass is 35.5. The third kappa shape index (κ3) is 4.71. The molecule has 1 aromatic carbocycles. The van der Waals surface area contributed by atoms with Crippen molar-refractivity contribution < 1.29 is 13.2 Å². The van der Waals surface area contributed by atoms with E-state index >= 15 is 0 Å². The summed E-state index contributed by atoms with van der Waals surface area (Å²) in [5.74, 6) is 0.419. The van der Waals surface area contributed by atoms with Crippen LogP contribution in [-0.4, -0.2) is 63.5 Å². The number of amides is 1. The van der Waals surface area contributed by atoms with Crippen LogP contribution in [0.1, 0.15) is 27.9 Å². The molecule has 168 valence electrons. The SMILES string of the molecule is N#Cc1cccnc1N1CCN(CCCNS(=O)(=O)c2cc3c(cc2Cl)CNC3=O)CC1. The standard InChI is InChI=1S/C21H23ClN6O3S/c22-18-11-16-14-25-21(29)17(16)12-19(18)32(30,31)26-5-2-6-27-7-9-28(10-8-27)20-15(13-23)3-1-4-24-20/h1,3-4,11-12,26H,2,5-10,14H2,(H,25,29). The summed E-state index contributed by atoms with van der Waals surface area (Å²) in [4.78, 5) is 20.5. The van der Waals surface area contributed by atoms with E-state index < -0.39 is 10.0 Å². The predicted molar refractivity (Wildman–Crippen MR) is 120 cm³/mol. The topological polar surface area (TPSA) is 118 Å². The molecule has 0 spiro atoms.